The van der Waals surface area contributed by atoms with Crippen molar-refractivity contribution in [1.29, 1.82) is 0 Å². The number of carboxylic acid groups (broad SMARTS) is 1. The van der Waals surface area contributed by atoms with E-state index >= 15 is 0 Å². The molecule has 13 heteroatoms. The summed E-state index contributed by atoms with van der Waals surface area (Å²) in [6.07, 6.45) is 1.54. The third-order valence-corrected chi connectivity index (χ3v) is 7.04. The number of hydrogen-bond donors (Lipinski definition) is 7. The SMILES string of the molecule is CC(C)C[C@H](NC(=O)[C@H](NC(=O)N[C@@H](Cc1ccccc1)C(=O)O)C1CCN=C(N)N1)C(=O)N[C@H](C=O)Cc1ccccc1. The minimum Gasteiger partial charge on any atom is -0.480 e. The Hall–Kier alpha value is -4.94. The van der Waals surface area contributed by atoms with Crippen molar-refractivity contribution in [2.45, 2.75) is 69.7 Å². The van der Waals surface area contributed by atoms with Crippen molar-refractivity contribution < 1.29 is 29.1 Å². The molecule has 0 bridgehead atoms. The van der Waals surface area contributed by atoms with Crippen molar-refractivity contribution >= 4 is 36.1 Å². The highest BCUT2D eigenvalue weighted by Crippen LogP contribution is 2.11. The predicted molar refractivity (Wildman–Crippen MR) is 165 cm³/mol. The number of urea groups is 1. The fourth-order valence-electron chi connectivity index (χ4n) is 4.87. The van der Waals surface area contributed by atoms with Crippen LogP contribution >= 0.6 is 0 Å². The van der Waals surface area contributed by atoms with Crippen molar-refractivity contribution in [3.8, 4) is 0 Å². The van der Waals surface area contributed by atoms with Crippen molar-refractivity contribution in [2.24, 2.45) is 16.6 Å². The molecule has 0 saturated carbocycles. The second-order valence-corrected chi connectivity index (χ2v) is 11.1. The molecule has 1 unspecified atom stereocenters. The Labute approximate surface area is 256 Å². The minimum absolute atomic E-state index is 0.00513. The molecule has 44 heavy (non-hydrogen) atoms. The van der Waals surface area contributed by atoms with E-state index in [1.54, 1.807) is 30.3 Å². The van der Waals surface area contributed by atoms with Gasteiger partial charge in [-0.3, -0.25) is 14.6 Å². The molecule has 1 aliphatic heterocycles. The maximum absolute atomic E-state index is 13.7. The van der Waals surface area contributed by atoms with Crippen LogP contribution in [0.1, 0.15) is 37.8 Å². The van der Waals surface area contributed by atoms with Crippen molar-refractivity contribution in [3.63, 3.8) is 0 Å². The number of carbonyl (C=O) groups excluding carboxylic acids is 4. The molecule has 0 radical (unpaired) electrons. The van der Waals surface area contributed by atoms with E-state index in [9.17, 15) is 29.1 Å². The number of guanidine groups is 1. The monoisotopic (exact) mass is 607 g/mol. The number of nitrogens with one attached hydrogen (secondary N) is 5. The first-order valence-corrected chi connectivity index (χ1v) is 14.6. The van der Waals surface area contributed by atoms with Crippen LogP contribution in [0.5, 0.6) is 0 Å². The van der Waals surface area contributed by atoms with Crippen LogP contribution in [-0.2, 0) is 32.0 Å². The molecule has 3 rings (SSSR count). The van der Waals surface area contributed by atoms with E-state index in [-0.39, 0.29) is 31.1 Å². The van der Waals surface area contributed by atoms with E-state index in [0.29, 0.717) is 24.8 Å². The molecule has 4 amide bonds. The Bertz CT molecular complexity index is 1310. The Morgan fingerprint density at radius 2 is 1.52 bits per heavy atom. The average Bonchev–Trinajstić information content (AvgIpc) is 2.99. The van der Waals surface area contributed by atoms with Gasteiger partial charge in [-0.05, 0) is 36.3 Å². The topological polar surface area (TPSA) is 204 Å². The summed E-state index contributed by atoms with van der Waals surface area (Å²) in [5.41, 5.74) is 7.42. The zero-order valence-corrected chi connectivity index (χ0v) is 24.9. The predicted octanol–water partition coefficient (Wildman–Crippen LogP) is 0.484. The van der Waals surface area contributed by atoms with Crippen LogP contribution in [0.25, 0.3) is 0 Å². The molecule has 1 heterocycles. The number of aliphatic carboxylic acids is 1. The molecular weight excluding hydrogens is 566 g/mol. The molecule has 0 fully saturated rings. The number of carbonyl (C=O) groups is 5. The second-order valence-electron chi connectivity index (χ2n) is 11.1. The van der Waals surface area contributed by atoms with Crippen LogP contribution in [0.2, 0.25) is 0 Å². The highest BCUT2D eigenvalue weighted by molar-refractivity contribution is 5.94. The molecule has 1 aliphatic rings. The highest BCUT2D eigenvalue weighted by atomic mass is 16.4. The zero-order valence-electron chi connectivity index (χ0n) is 24.9. The molecule has 0 aliphatic carbocycles. The molecule has 0 saturated heterocycles. The maximum atomic E-state index is 13.7. The van der Waals surface area contributed by atoms with Gasteiger partial charge in [0, 0.05) is 13.0 Å². The molecule has 2 aromatic rings. The summed E-state index contributed by atoms with van der Waals surface area (Å²) in [5.74, 6) is -2.40. The molecule has 8 N–H and O–H groups in total. The number of nitrogens with two attached hydrogens (primary N) is 1. The first-order valence-electron chi connectivity index (χ1n) is 14.6. The van der Waals surface area contributed by atoms with Crippen LogP contribution in [0.4, 0.5) is 4.79 Å². The third-order valence-electron chi connectivity index (χ3n) is 7.04. The van der Waals surface area contributed by atoms with Gasteiger partial charge in [0.15, 0.2) is 5.96 Å². The molecular formula is C31H41N7O6. The Balaban J connectivity index is 1.75. The molecule has 236 valence electrons. The smallest absolute Gasteiger partial charge is 0.326 e. The summed E-state index contributed by atoms with van der Waals surface area (Å²) in [5, 5.41) is 23.1. The van der Waals surface area contributed by atoms with Gasteiger partial charge in [-0.1, -0.05) is 74.5 Å². The van der Waals surface area contributed by atoms with E-state index in [2.05, 4.69) is 31.6 Å². The number of benzene rings is 2. The first-order chi connectivity index (χ1) is 21.0. The van der Waals surface area contributed by atoms with Crippen LogP contribution in [0, 0.1) is 5.92 Å². The number of hydrogen-bond acceptors (Lipinski definition) is 8. The molecule has 2 aromatic carbocycles. The Morgan fingerprint density at radius 3 is 2.07 bits per heavy atom. The van der Waals surface area contributed by atoms with E-state index in [1.165, 1.54) is 0 Å². The number of rotatable bonds is 15. The lowest BCUT2D eigenvalue weighted by atomic mass is 9.99. The second kappa shape index (κ2) is 16.6. The fourth-order valence-corrected chi connectivity index (χ4v) is 4.87. The Morgan fingerprint density at radius 1 is 0.909 bits per heavy atom. The largest absolute Gasteiger partial charge is 0.480 e. The Kier molecular flexibility index (Phi) is 12.7. The van der Waals surface area contributed by atoms with Gasteiger partial charge in [0.1, 0.15) is 24.4 Å². The molecule has 5 atom stereocenters. The van der Waals surface area contributed by atoms with Crippen molar-refractivity contribution in [2.75, 3.05) is 6.54 Å². The summed E-state index contributed by atoms with van der Waals surface area (Å²) < 4.78 is 0. The van der Waals surface area contributed by atoms with Gasteiger partial charge in [0.2, 0.25) is 11.8 Å². The first kappa shape index (κ1) is 33.6. The number of carboxylic acids is 1. The van der Waals surface area contributed by atoms with Crippen LogP contribution in [0.15, 0.2) is 65.7 Å². The maximum Gasteiger partial charge on any atom is 0.326 e. The number of aldehydes is 1. The molecule has 0 aromatic heterocycles. The average molecular weight is 608 g/mol. The standard InChI is InChI=1S/C31H41N7O6/c1-19(2)15-24(27(40)34-22(18-39)16-20-9-5-3-6-10-20)35-28(41)26(23-13-14-33-30(32)36-23)38-31(44)37-25(29(42)43)17-21-11-7-4-8-12-21/h3-12,18-19,22-26H,13-17H2,1-2H3,(H,34,40)(H,35,41)(H,42,43)(H3,32,33,36)(H2,37,38,44)/t22-,23?,24-,25-,26+/m0/s1. The van der Waals surface area contributed by atoms with Crippen molar-refractivity contribution in [3.05, 3.63) is 71.8 Å². The van der Waals surface area contributed by atoms with E-state index in [4.69, 9.17) is 5.73 Å². The van der Waals surface area contributed by atoms with Crippen LogP contribution < -0.4 is 32.3 Å². The lowest BCUT2D eigenvalue weighted by Gasteiger charge is -2.32. The van der Waals surface area contributed by atoms with Gasteiger partial charge >= 0.3 is 12.0 Å². The number of amides is 4. The van der Waals surface area contributed by atoms with Crippen molar-refractivity contribution in [1.82, 2.24) is 26.6 Å². The van der Waals surface area contributed by atoms with Gasteiger partial charge < -0.3 is 42.2 Å². The lowest BCUT2D eigenvalue weighted by molar-refractivity contribution is -0.139. The lowest BCUT2D eigenvalue weighted by Crippen LogP contribution is -2.64. The van der Waals surface area contributed by atoms with Gasteiger partial charge in [-0.2, -0.15) is 0 Å². The molecule has 0 spiro atoms. The third kappa shape index (κ3) is 10.7. The normalized spacial score (nSPS) is 17.1. The summed E-state index contributed by atoms with van der Waals surface area (Å²) in [4.78, 5) is 67.9. The van der Waals surface area contributed by atoms with E-state index < -0.39 is 54.0 Å². The van der Waals surface area contributed by atoms with Crippen LogP contribution in [-0.4, -0.2) is 77.9 Å². The van der Waals surface area contributed by atoms with Gasteiger partial charge in [0.25, 0.3) is 0 Å². The summed E-state index contributed by atoms with van der Waals surface area (Å²) in [6.45, 7) is 4.06. The van der Waals surface area contributed by atoms with Gasteiger partial charge in [-0.25, -0.2) is 9.59 Å². The molecule has 13 nitrogen and oxygen atoms in total. The summed E-state index contributed by atoms with van der Waals surface area (Å²) >= 11 is 0. The number of nitrogens with zero attached hydrogens (tertiary/aromatic N) is 1. The fraction of sp³-hybridized carbons (Fsp3) is 0.419. The van der Waals surface area contributed by atoms with Crippen LogP contribution in [0.3, 0.4) is 0 Å². The summed E-state index contributed by atoms with van der Waals surface area (Å²) in [7, 11) is 0. The highest BCUT2D eigenvalue weighted by Gasteiger charge is 2.35. The van der Waals surface area contributed by atoms with Gasteiger partial charge in [-0.15, -0.1) is 0 Å². The van der Waals surface area contributed by atoms with E-state index in [1.807, 2.05) is 44.2 Å². The minimum atomic E-state index is -1.27. The number of aliphatic imine (C=N–C) groups is 1. The summed E-state index contributed by atoms with van der Waals surface area (Å²) in [6, 6.07) is 12.1. The van der Waals surface area contributed by atoms with Gasteiger partial charge in [0.05, 0.1) is 12.1 Å². The van der Waals surface area contributed by atoms with E-state index in [0.717, 1.165) is 5.56 Å². The zero-order chi connectivity index (χ0) is 32.1. The quantitative estimate of drug-likeness (QED) is 0.142.